The summed E-state index contributed by atoms with van der Waals surface area (Å²) in [5.74, 6) is 1.53. The number of aliphatic hydroxyl groups is 2. The van der Waals surface area contributed by atoms with Gasteiger partial charge in [-0.3, -0.25) is 4.79 Å². The highest BCUT2D eigenvalue weighted by molar-refractivity contribution is 6.74. The summed E-state index contributed by atoms with van der Waals surface area (Å²) in [4.78, 5) is 11.7. The summed E-state index contributed by atoms with van der Waals surface area (Å²) in [6, 6.07) is 0. The molecule has 10 atom stereocenters. The number of carbonyl (C=O) groups is 1. The number of ether oxygens (including phenoxy) is 1. The van der Waals surface area contributed by atoms with Crippen LogP contribution in [0.1, 0.15) is 99.8 Å². The third-order valence-corrected chi connectivity index (χ3v) is 16.6. The highest BCUT2D eigenvalue weighted by Crippen LogP contribution is 2.69. The van der Waals surface area contributed by atoms with E-state index in [-0.39, 0.29) is 34.0 Å². The van der Waals surface area contributed by atoms with E-state index in [4.69, 9.17) is 9.16 Å². The Kier molecular flexibility index (Phi) is 6.95. The van der Waals surface area contributed by atoms with Crippen LogP contribution in [0, 0.1) is 34.5 Å². The van der Waals surface area contributed by atoms with Crippen molar-refractivity contribution in [3.63, 3.8) is 0 Å². The molecule has 0 saturated heterocycles. The molecule has 35 heavy (non-hydrogen) atoms. The molecule has 0 radical (unpaired) electrons. The van der Waals surface area contributed by atoms with Crippen molar-refractivity contribution < 1.29 is 24.2 Å². The SMILES string of the molecule is CC(=O)OC(C)[C@H]1CC[C@H]2[C@@H]3C[C@@H](O)[C@@]4(O)C[C@@H](O[Si](C)(C)C(C)(C)C)CC[C@]4(C)[C@H]3CC[C@]12C. The van der Waals surface area contributed by atoms with E-state index in [1.54, 1.807) is 0 Å². The molecule has 0 aliphatic heterocycles. The average Bonchev–Trinajstić information content (AvgIpc) is 3.06. The van der Waals surface area contributed by atoms with Gasteiger partial charge in [0.2, 0.25) is 0 Å². The normalized spacial score (nSPS) is 46.8. The van der Waals surface area contributed by atoms with Crippen LogP contribution in [-0.2, 0) is 14.0 Å². The lowest BCUT2D eigenvalue weighted by Gasteiger charge is -2.65. The molecule has 0 heterocycles. The predicted molar refractivity (Wildman–Crippen MR) is 141 cm³/mol. The Balaban J connectivity index is 1.56. The van der Waals surface area contributed by atoms with Crippen LogP contribution in [0.25, 0.3) is 0 Å². The molecule has 0 amide bonds. The van der Waals surface area contributed by atoms with Crippen molar-refractivity contribution >= 4 is 14.3 Å². The maximum Gasteiger partial charge on any atom is 0.302 e. The van der Waals surface area contributed by atoms with Crippen LogP contribution >= 0.6 is 0 Å². The van der Waals surface area contributed by atoms with Gasteiger partial charge in [0, 0.05) is 30.8 Å². The van der Waals surface area contributed by atoms with E-state index in [0.29, 0.717) is 36.5 Å². The molecule has 202 valence electrons. The highest BCUT2D eigenvalue weighted by Gasteiger charge is 2.68. The maximum absolute atomic E-state index is 12.2. The fourth-order valence-electron chi connectivity index (χ4n) is 9.09. The number of carbonyl (C=O) groups excluding carboxylic acids is 1. The quantitative estimate of drug-likeness (QED) is 0.356. The summed E-state index contributed by atoms with van der Waals surface area (Å²) in [5, 5.41) is 23.9. The van der Waals surface area contributed by atoms with Gasteiger partial charge >= 0.3 is 5.97 Å². The molecule has 0 spiro atoms. The third kappa shape index (κ3) is 4.26. The Morgan fingerprint density at radius 1 is 1.06 bits per heavy atom. The smallest absolute Gasteiger partial charge is 0.302 e. The van der Waals surface area contributed by atoms with Crippen molar-refractivity contribution in [3.05, 3.63) is 0 Å². The fourth-order valence-corrected chi connectivity index (χ4v) is 10.5. The Hall–Kier alpha value is -0.433. The first kappa shape index (κ1) is 27.6. The van der Waals surface area contributed by atoms with Gasteiger partial charge in [-0.05, 0) is 93.2 Å². The zero-order chi connectivity index (χ0) is 26.2. The summed E-state index contributed by atoms with van der Waals surface area (Å²) in [6.45, 7) is 19.6. The van der Waals surface area contributed by atoms with Crippen molar-refractivity contribution in [3.8, 4) is 0 Å². The monoisotopic (exact) mass is 508 g/mol. The Labute approximate surface area is 214 Å². The molecule has 2 N–H and O–H groups in total. The van der Waals surface area contributed by atoms with E-state index in [9.17, 15) is 15.0 Å². The van der Waals surface area contributed by atoms with Crippen molar-refractivity contribution in [2.24, 2.45) is 34.5 Å². The number of rotatable bonds is 4. The standard InChI is InChI=1S/C29H52O5Si/c1-18(33-19(2)30)22-10-11-23-21-16-25(31)29(32)17-20(34-35(8,9)26(3,4)5)12-15-28(29,7)24(21)13-14-27(22,23)6/h18,20-25,31-32H,10-17H2,1-9H3/t18?,20-,21-,22+,23-,24-,25+,27+,28+,29-/m0/s1. The molecule has 0 aromatic heterocycles. The lowest BCUT2D eigenvalue weighted by molar-refractivity contribution is -0.264. The van der Waals surface area contributed by atoms with E-state index in [1.165, 1.54) is 6.92 Å². The summed E-state index contributed by atoms with van der Waals surface area (Å²) in [7, 11) is -1.95. The van der Waals surface area contributed by atoms with Gasteiger partial charge in [-0.25, -0.2) is 0 Å². The van der Waals surface area contributed by atoms with Crippen LogP contribution in [0.5, 0.6) is 0 Å². The van der Waals surface area contributed by atoms with E-state index in [1.807, 2.05) is 0 Å². The lowest BCUT2D eigenvalue weighted by atomic mass is 9.42. The maximum atomic E-state index is 12.2. The zero-order valence-corrected chi connectivity index (χ0v) is 24.8. The van der Waals surface area contributed by atoms with E-state index in [0.717, 1.165) is 38.5 Å². The molecule has 0 aromatic rings. The number of fused-ring (bicyclic) bond motifs is 5. The molecule has 4 saturated carbocycles. The first-order valence-electron chi connectivity index (χ1n) is 14.2. The van der Waals surface area contributed by atoms with Crippen molar-refractivity contribution in [2.45, 2.75) is 142 Å². The topological polar surface area (TPSA) is 76.0 Å². The van der Waals surface area contributed by atoms with E-state index < -0.39 is 20.0 Å². The van der Waals surface area contributed by atoms with Gasteiger partial charge in [0.15, 0.2) is 8.32 Å². The Morgan fingerprint density at radius 2 is 1.71 bits per heavy atom. The van der Waals surface area contributed by atoms with E-state index >= 15 is 0 Å². The molecular weight excluding hydrogens is 456 g/mol. The average molecular weight is 509 g/mol. The summed E-state index contributed by atoms with van der Waals surface area (Å²) >= 11 is 0. The zero-order valence-electron chi connectivity index (χ0n) is 23.8. The summed E-state index contributed by atoms with van der Waals surface area (Å²) < 4.78 is 12.4. The second-order valence-corrected chi connectivity index (χ2v) is 19.5. The minimum atomic E-state index is -1.95. The number of esters is 1. The fraction of sp³-hybridized carbons (Fsp3) is 0.966. The second kappa shape index (κ2) is 8.81. The van der Waals surface area contributed by atoms with Gasteiger partial charge in [-0.1, -0.05) is 34.6 Å². The van der Waals surface area contributed by atoms with Crippen LogP contribution in [-0.4, -0.2) is 48.4 Å². The largest absolute Gasteiger partial charge is 0.463 e. The second-order valence-electron chi connectivity index (χ2n) is 14.8. The minimum absolute atomic E-state index is 0.0227. The molecule has 4 aliphatic rings. The Morgan fingerprint density at radius 3 is 2.31 bits per heavy atom. The predicted octanol–water partition coefficient (Wildman–Crippen LogP) is 6.07. The number of aliphatic hydroxyl groups excluding tert-OH is 1. The highest BCUT2D eigenvalue weighted by atomic mass is 28.4. The first-order chi connectivity index (χ1) is 16.0. The van der Waals surface area contributed by atoms with Gasteiger partial charge in [0.05, 0.1) is 11.7 Å². The van der Waals surface area contributed by atoms with Crippen LogP contribution in [0.4, 0.5) is 0 Å². The molecule has 6 heteroatoms. The molecule has 4 fully saturated rings. The van der Waals surface area contributed by atoms with Gasteiger partial charge in [-0.15, -0.1) is 0 Å². The molecule has 0 aromatic carbocycles. The van der Waals surface area contributed by atoms with Gasteiger partial charge < -0.3 is 19.4 Å². The van der Waals surface area contributed by atoms with Gasteiger partial charge in [0.1, 0.15) is 6.10 Å². The lowest BCUT2D eigenvalue weighted by Crippen LogP contribution is -2.69. The van der Waals surface area contributed by atoms with Gasteiger partial charge in [-0.2, -0.15) is 0 Å². The minimum Gasteiger partial charge on any atom is -0.463 e. The van der Waals surface area contributed by atoms with Crippen molar-refractivity contribution in [2.75, 3.05) is 0 Å². The van der Waals surface area contributed by atoms with Crippen molar-refractivity contribution in [1.82, 2.24) is 0 Å². The van der Waals surface area contributed by atoms with Crippen LogP contribution in [0.15, 0.2) is 0 Å². The summed E-state index contributed by atoms with van der Waals surface area (Å²) in [6.07, 6.45) is 6.76. The van der Waals surface area contributed by atoms with Crippen LogP contribution in [0.3, 0.4) is 0 Å². The Bertz CT molecular complexity index is 822. The molecule has 4 rings (SSSR count). The molecule has 5 nitrogen and oxygen atoms in total. The van der Waals surface area contributed by atoms with Crippen LogP contribution in [0.2, 0.25) is 18.1 Å². The molecule has 4 aliphatic carbocycles. The molecule has 1 unspecified atom stereocenters. The van der Waals surface area contributed by atoms with Crippen LogP contribution < -0.4 is 0 Å². The molecule has 0 bridgehead atoms. The van der Waals surface area contributed by atoms with Gasteiger partial charge in [0.25, 0.3) is 0 Å². The third-order valence-electron chi connectivity index (χ3n) is 12.1. The van der Waals surface area contributed by atoms with Crippen molar-refractivity contribution in [1.29, 1.82) is 0 Å². The number of hydrogen-bond donors (Lipinski definition) is 2. The summed E-state index contributed by atoms with van der Waals surface area (Å²) in [5.41, 5.74) is -1.25. The molecular formula is C29H52O5Si. The first-order valence-corrected chi connectivity index (χ1v) is 17.1. The number of hydrogen-bond acceptors (Lipinski definition) is 5. The van der Waals surface area contributed by atoms with E-state index in [2.05, 4.69) is 54.6 Å².